The molecule has 0 aliphatic rings. The van der Waals surface area contributed by atoms with Gasteiger partial charge in [-0.2, -0.15) is 5.10 Å². The van der Waals surface area contributed by atoms with E-state index in [-0.39, 0.29) is 24.6 Å². The Morgan fingerprint density at radius 1 is 1.50 bits per heavy atom. The van der Waals surface area contributed by atoms with Crippen LogP contribution in [0.1, 0.15) is 5.69 Å². The summed E-state index contributed by atoms with van der Waals surface area (Å²) in [5, 5.41) is 3.88. The molecule has 0 aliphatic carbocycles. The molecule has 0 unspecified atom stereocenters. The molecule has 0 aromatic carbocycles. The zero-order valence-corrected chi connectivity index (χ0v) is 13.6. The molecule has 1 heterocycles. The molecule has 3 N–H and O–H groups in total. The Hall–Kier alpha value is -0.997. The van der Waals surface area contributed by atoms with Crippen LogP contribution in [0.2, 0.25) is 0 Å². The molecule has 11 heteroatoms. The van der Waals surface area contributed by atoms with Gasteiger partial charge >= 0.3 is 19.5 Å². The van der Waals surface area contributed by atoms with Crippen molar-refractivity contribution < 1.29 is 37.0 Å². The van der Waals surface area contributed by atoms with E-state index in [9.17, 15) is 0 Å². The summed E-state index contributed by atoms with van der Waals surface area (Å²) in [6.45, 7) is 0. The fourth-order valence-corrected chi connectivity index (χ4v) is 0.667. The summed E-state index contributed by atoms with van der Waals surface area (Å²) in [5.41, 5.74) is 8.33. The number of thiocarbonyl (C=S) groups is 1. The van der Waals surface area contributed by atoms with E-state index in [0.29, 0.717) is 0 Å². The zero-order chi connectivity index (χ0) is 13.3. The van der Waals surface area contributed by atoms with E-state index in [1.807, 2.05) is 18.2 Å². The first-order valence-electron chi connectivity index (χ1n) is 3.95. The fourth-order valence-electron chi connectivity index (χ4n) is 0.614. The van der Waals surface area contributed by atoms with Gasteiger partial charge in [-0.05, 0) is 24.4 Å². The molecule has 1 rings (SSSR count). The van der Waals surface area contributed by atoms with E-state index in [4.69, 9.17) is 23.3 Å². The molecule has 0 saturated carbocycles. The van der Waals surface area contributed by atoms with Crippen molar-refractivity contribution in [2.75, 3.05) is 0 Å². The number of hydrogen-bond acceptors (Lipinski definition) is 7. The van der Waals surface area contributed by atoms with Gasteiger partial charge in [-0.15, -0.1) is 0 Å². The van der Waals surface area contributed by atoms with Crippen molar-refractivity contribution in [3.8, 4) is 0 Å². The molecule has 0 radical (unpaired) electrons. The maximum Gasteiger partial charge on any atom is 2.00 e. The van der Waals surface area contributed by atoms with E-state index < -0.39 is 10.4 Å². The normalized spacial score (nSPS) is 9.89. The third-order valence-corrected chi connectivity index (χ3v) is 1.15. The first-order valence-corrected chi connectivity index (χ1v) is 5.69. The van der Waals surface area contributed by atoms with Crippen molar-refractivity contribution in [2.24, 2.45) is 10.8 Å². The molecule has 0 saturated heterocycles. The molecule has 94 valence electrons. The molecular formula is C7H8N4O4S2Zn. The molecule has 8 nitrogen and oxygen atoms in total. The zero-order valence-electron chi connectivity index (χ0n) is 9.02. The maximum atomic E-state index is 8.52. The van der Waals surface area contributed by atoms with Crippen LogP contribution in [0.5, 0.6) is 0 Å². The average molecular weight is 342 g/mol. The Balaban J connectivity index is 0. The summed E-state index contributed by atoms with van der Waals surface area (Å²) in [4.78, 5) is 4.00. The number of nitrogens with zero attached hydrogens (tertiary/aromatic N) is 2. The summed E-state index contributed by atoms with van der Waals surface area (Å²) in [7, 11) is -5.17. The van der Waals surface area contributed by atoms with E-state index in [2.05, 4.69) is 27.7 Å². The van der Waals surface area contributed by atoms with Crippen LogP contribution in [0, 0.1) is 0 Å². The first-order chi connectivity index (χ1) is 7.79. The average Bonchev–Trinajstić information content (AvgIpc) is 2.16. The number of hydrogen-bond donors (Lipinski definition) is 2. The topological polar surface area (TPSA) is 144 Å². The van der Waals surface area contributed by atoms with E-state index in [0.717, 1.165) is 5.69 Å². The number of rotatable bonds is 2. The van der Waals surface area contributed by atoms with Gasteiger partial charge in [0.05, 0.1) is 11.9 Å². The third-order valence-electron chi connectivity index (χ3n) is 1.06. The third kappa shape index (κ3) is 17.4. The summed E-state index contributed by atoms with van der Waals surface area (Å²) >= 11 is 4.54. The number of aromatic nitrogens is 1. The van der Waals surface area contributed by atoms with Crippen LogP contribution < -0.4 is 11.2 Å². The predicted molar refractivity (Wildman–Crippen MR) is 62.2 cm³/mol. The summed E-state index contributed by atoms with van der Waals surface area (Å²) in [5.74, 6) is 0. The van der Waals surface area contributed by atoms with Crippen LogP contribution >= 0.6 is 12.2 Å². The van der Waals surface area contributed by atoms with E-state index in [1.54, 1.807) is 12.4 Å². The maximum absolute atomic E-state index is 8.52. The molecule has 0 spiro atoms. The number of nitrogens with one attached hydrogen (secondary N) is 1. The Kier molecular flexibility index (Phi) is 10.7. The molecule has 18 heavy (non-hydrogen) atoms. The van der Waals surface area contributed by atoms with Gasteiger partial charge < -0.3 is 14.8 Å². The molecule has 0 fully saturated rings. The van der Waals surface area contributed by atoms with Crippen molar-refractivity contribution >= 4 is 33.9 Å². The van der Waals surface area contributed by atoms with Crippen molar-refractivity contribution in [1.29, 1.82) is 0 Å². The monoisotopic (exact) mass is 340 g/mol. The fraction of sp³-hybridized carbons (Fsp3) is 0. The van der Waals surface area contributed by atoms with Gasteiger partial charge in [0.15, 0.2) is 5.11 Å². The first kappa shape index (κ1) is 19.3. The molecule has 0 amide bonds. The second-order valence-corrected chi connectivity index (χ2v) is 3.65. The van der Waals surface area contributed by atoms with E-state index in [1.165, 1.54) is 0 Å². The molecule has 1 aromatic heterocycles. The SMILES string of the molecule is NC(=S)NN=Cc1ccccn1.O=S(=O)([O-])[O-].[Zn+2]. The van der Waals surface area contributed by atoms with Gasteiger partial charge in [-0.25, -0.2) is 0 Å². The summed E-state index contributed by atoms with van der Waals surface area (Å²) in [6, 6.07) is 5.53. The standard InChI is InChI=1S/C7H8N4S.H2O4S.Zn/c8-7(12)11-10-5-6-3-1-2-4-9-6;1-5(2,3)4;/h1-5H,(H3,8,11,12);(H2,1,2,3,4);/q;;+2/p-2. The van der Waals surface area contributed by atoms with Gasteiger partial charge in [0.25, 0.3) is 0 Å². The van der Waals surface area contributed by atoms with Crippen molar-refractivity contribution in [3.63, 3.8) is 0 Å². The summed E-state index contributed by atoms with van der Waals surface area (Å²) < 4.78 is 34.1. The number of nitrogens with two attached hydrogens (primary N) is 1. The van der Waals surface area contributed by atoms with Crippen LogP contribution in [-0.2, 0) is 29.9 Å². The van der Waals surface area contributed by atoms with Crippen molar-refractivity contribution in [1.82, 2.24) is 10.4 Å². The van der Waals surface area contributed by atoms with Crippen molar-refractivity contribution in [3.05, 3.63) is 30.1 Å². The minimum Gasteiger partial charge on any atom is -0.759 e. The second kappa shape index (κ2) is 9.98. The molecule has 1 aromatic rings. The van der Waals surface area contributed by atoms with Crippen LogP contribution in [0.3, 0.4) is 0 Å². The number of hydrazone groups is 1. The van der Waals surface area contributed by atoms with Gasteiger partial charge in [-0.1, -0.05) is 6.07 Å². The van der Waals surface area contributed by atoms with Gasteiger partial charge in [0.2, 0.25) is 0 Å². The van der Waals surface area contributed by atoms with Gasteiger partial charge in [-0.3, -0.25) is 18.8 Å². The Bertz CT molecular complexity index is 471. The predicted octanol–water partition coefficient (Wildman–Crippen LogP) is -1.09. The Morgan fingerprint density at radius 2 is 2.06 bits per heavy atom. The van der Waals surface area contributed by atoms with Crippen molar-refractivity contribution in [2.45, 2.75) is 0 Å². The summed E-state index contributed by atoms with van der Waals surface area (Å²) in [6.07, 6.45) is 3.22. The van der Waals surface area contributed by atoms with E-state index >= 15 is 0 Å². The van der Waals surface area contributed by atoms with Crippen LogP contribution in [-0.4, -0.2) is 33.8 Å². The second-order valence-electron chi connectivity index (χ2n) is 2.40. The van der Waals surface area contributed by atoms with Gasteiger partial charge in [0.1, 0.15) is 0 Å². The van der Waals surface area contributed by atoms with Crippen LogP contribution in [0.25, 0.3) is 0 Å². The van der Waals surface area contributed by atoms with Gasteiger partial charge in [0, 0.05) is 16.6 Å². The Labute approximate surface area is 122 Å². The molecule has 0 aliphatic heterocycles. The number of pyridine rings is 1. The quantitative estimate of drug-likeness (QED) is 0.172. The molecule has 0 atom stereocenters. The Morgan fingerprint density at radius 3 is 2.44 bits per heavy atom. The largest absolute Gasteiger partial charge is 2.00 e. The smallest absolute Gasteiger partial charge is 0.759 e. The minimum absolute atomic E-state index is 0. The van der Waals surface area contributed by atoms with Crippen LogP contribution in [0.4, 0.5) is 0 Å². The van der Waals surface area contributed by atoms with Crippen LogP contribution in [0.15, 0.2) is 29.5 Å². The minimum atomic E-state index is -5.17. The molecule has 0 bridgehead atoms. The molecular weight excluding hydrogens is 334 g/mol.